The second-order valence-corrected chi connectivity index (χ2v) is 5.63. The van der Waals surface area contributed by atoms with Crippen LogP contribution in [0, 0.1) is 5.92 Å². The van der Waals surface area contributed by atoms with E-state index in [9.17, 15) is 4.79 Å². The molecule has 0 atom stereocenters. The van der Waals surface area contributed by atoms with Crippen LogP contribution in [0.25, 0.3) is 0 Å². The zero-order valence-electron chi connectivity index (χ0n) is 10.9. The zero-order valence-corrected chi connectivity index (χ0v) is 10.9. The van der Waals surface area contributed by atoms with Crippen molar-refractivity contribution in [2.24, 2.45) is 5.92 Å². The quantitative estimate of drug-likeness (QED) is 0.778. The Balaban J connectivity index is 1.67. The summed E-state index contributed by atoms with van der Waals surface area (Å²) in [6.45, 7) is 0.880. The molecule has 1 aliphatic heterocycles. The van der Waals surface area contributed by atoms with Gasteiger partial charge >= 0.3 is 0 Å². The molecule has 1 fully saturated rings. The van der Waals surface area contributed by atoms with Gasteiger partial charge in [0, 0.05) is 18.7 Å². The van der Waals surface area contributed by atoms with E-state index in [0.717, 1.165) is 25.1 Å². The largest absolute Gasteiger partial charge is 0.312 e. The molecule has 0 unspecified atom stereocenters. The number of anilines is 1. The van der Waals surface area contributed by atoms with Gasteiger partial charge in [0.15, 0.2) is 0 Å². The van der Waals surface area contributed by atoms with Crippen molar-refractivity contribution in [3.63, 3.8) is 0 Å². The van der Waals surface area contributed by atoms with Crippen molar-refractivity contribution in [1.29, 1.82) is 0 Å². The van der Waals surface area contributed by atoms with Crippen LogP contribution in [-0.2, 0) is 11.2 Å². The van der Waals surface area contributed by atoms with Gasteiger partial charge in [-0.15, -0.1) is 0 Å². The summed E-state index contributed by atoms with van der Waals surface area (Å²) < 4.78 is 0. The third-order valence-electron chi connectivity index (χ3n) is 4.38. The van der Waals surface area contributed by atoms with Gasteiger partial charge in [-0.1, -0.05) is 37.5 Å². The molecule has 0 aromatic heterocycles. The Hall–Kier alpha value is -1.31. The molecule has 0 spiro atoms. The Bertz CT molecular complexity index is 434. The van der Waals surface area contributed by atoms with Crippen LogP contribution in [0.3, 0.4) is 0 Å². The molecular weight excluding hydrogens is 222 g/mol. The smallest absolute Gasteiger partial charge is 0.227 e. The molecule has 1 saturated carbocycles. The zero-order chi connectivity index (χ0) is 12.4. The number of para-hydroxylation sites is 1. The molecule has 18 heavy (non-hydrogen) atoms. The summed E-state index contributed by atoms with van der Waals surface area (Å²) in [5, 5.41) is 0. The topological polar surface area (TPSA) is 20.3 Å². The highest BCUT2D eigenvalue weighted by atomic mass is 16.2. The van der Waals surface area contributed by atoms with Crippen LogP contribution < -0.4 is 4.90 Å². The summed E-state index contributed by atoms with van der Waals surface area (Å²) in [6, 6.07) is 8.32. The first-order chi connectivity index (χ1) is 8.84. The van der Waals surface area contributed by atoms with Gasteiger partial charge in [0.25, 0.3) is 0 Å². The van der Waals surface area contributed by atoms with E-state index in [1.165, 1.54) is 37.7 Å². The number of hydrogen-bond acceptors (Lipinski definition) is 1. The molecule has 2 aliphatic rings. The van der Waals surface area contributed by atoms with Gasteiger partial charge in [-0.05, 0) is 36.8 Å². The number of carbonyl (C=O) groups is 1. The maximum atomic E-state index is 12.4. The van der Waals surface area contributed by atoms with E-state index >= 15 is 0 Å². The molecule has 96 valence electrons. The third-order valence-corrected chi connectivity index (χ3v) is 4.38. The van der Waals surface area contributed by atoms with Gasteiger partial charge in [0.1, 0.15) is 0 Å². The Morgan fingerprint density at radius 2 is 1.94 bits per heavy atom. The van der Waals surface area contributed by atoms with Gasteiger partial charge in [0.05, 0.1) is 0 Å². The highest BCUT2D eigenvalue weighted by Gasteiger charge is 2.26. The van der Waals surface area contributed by atoms with Crippen LogP contribution in [-0.4, -0.2) is 12.5 Å². The predicted octanol–water partition coefficient (Wildman–Crippen LogP) is 3.55. The lowest BCUT2D eigenvalue weighted by Gasteiger charge is -2.24. The first-order valence-electron chi connectivity index (χ1n) is 7.23. The molecular formula is C16H21NO. The fraction of sp³-hybridized carbons (Fsp3) is 0.562. The molecule has 2 heteroatoms. The molecule has 0 radical (unpaired) electrons. The van der Waals surface area contributed by atoms with E-state index in [1.807, 2.05) is 11.0 Å². The van der Waals surface area contributed by atoms with E-state index in [-0.39, 0.29) is 0 Å². The fourth-order valence-electron chi connectivity index (χ4n) is 3.35. The SMILES string of the molecule is O=C(CC1CCCCC1)N1CCc2ccccc21. The average molecular weight is 243 g/mol. The van der Waals surface area contributed by atoms with Crippen LogP contribution in [0.4, 0.5) is 5.69 Å². The number of carbonyl (C=O) groups excluding carboxylic acids is 1. The van der Waals surface area contributed by atoms with E-state index in [2.05, 4.69) is 18.2 Å². The lowest BCUT2D eigenvalue weighted by Crippen LogP contribution is -2.30. The van der Waals surface area contributed by atoms with Gasteiger partial charge < -0.3 is 4.90 Å². The van der Waals surface area contributed by atoms with Crippen LogP contribution >= 0.6 is 0 Å². The van der Waals surface area contributed by atoms with E-state index in [4.69, 9.17) is 0 Å². The standard InChI is InChI=1S/C16H21NO/c18-16(12-13-6-2-1-3-7-13)17-11-10-14-8-4-5-9-15(14)17/h4-5,8-9,13H,1-3,6-7,10-12H2. The van der Waals surface area contributed by atoms with Crippen molar-refractivity contribution in [2.75, 3.05) is 11.4 Å². The van der Waals surface area contributed by atoms with Gasteiger partial charge in [-0.3, -0.25) is 4.79 Å². The number of nitrogens with zero attached hydrogens (tertiary/aromatic N) is 1. The lowest BCUT2D eigenvalue weighted by molar-refractivity contribution is -0.119. The predicted molar refractivity (Wildman–Crippen MR) is 73.7 cm³/mol. The highest BCUT2D eigenvalue weighted by Crippen LogP contribution is 2.31. The normalized spacial score (nSPS) is 19.9. The number of hydrogen-bond donors (Lipinski definition) is 0. The van der Waals surface area contributed by atoms with Crippen molar-refractivity contribution < 1.29 is 4.79 Å². The van der Waals surface area contributed by atoms with Crippen LogP contribution in [0.2, 0.25) is 0 Å². The molecule has 1 aliphatic carbocycles. The van der Waals surface area contributed by atoms with E-state index in [1.54, 1.807) is 0 Å². The Labute approximate surface area is 109 Å². The van der Waals surface area contributed by atoms with Crippen LogP contribution in [0.15, 0.2) is 24.3 Å². The van der Waals surface area contributed by atoms with E-state index < -0.39 is 0 Å². The van der Waals surface area contributed by atoms with Crippen molar-refractivity contribution in [2.45, 2.75) is 44.9 Å². The first kappa shape index (κ1) is 11.8. The van der Waals surface area contributed by atoms with Crippen molar-refractivity contribution >= 4 is 11.6 Å². The minimum atomic E-state index is 0.340. The molecule has 1 amide bonds. The molecule has 0 N–H and O–H groups in total. The summed E-state index contributed by atoms with van der Waals surface area (Å²) in [7, 11) is 0. The summed E-state index contributed by atoms with van der Waals surface area (Å²) >= 11 is 0. The van der Waals surface area contributed by atoms with Crippen molar-refractivity contribution in [3.8, 4) is 0 Å². The second kappa shape index (κ2) is 5.13. The fourth-order valence-corrected chi connectivity index (χ4v) is 3.35. The molecule has 0 bridgehead atoms. The molecule has 1 aromatic carbocycles. The maximum Gasteiger partial charge on any atom is 0.227 e. The summed E-state index contributed by atoms with van der Waals surface area (Å²) in [4.78, 5) is 14.4. The van der Waals surface area contributed by atoms with Crippen molar-refractivity contribution in [3.05, 3.63) is 29.8 Å². The van der Waals surface area contributed by atoms with Crippen LogP contribution in [0.1, 0.15) is 44.1 Å². The van der Waals surface area contributed by atoms with E-state index in [0.29, 0.717) is 11.8 Å². The first-order valence-corrected chi connectivity index (χ1v) is 7.23. The van der Waals surface area contributed by atoms with Crippen LogP contribution in [0.5, 0.6) is 0 Å². The van der Waals surface area contributed by atoms with Crippen molar-refractivity contribution in [1.82, 2.24) is 0 Å². The minimum absolute atomic E-state index is 0.340. The third kappa shape index (κ3) is 2.29. The molecule has 1 heterocycles. The molecule has 3 rings (SSSR count). The Kier molecular flexibility index (Phi) is 3.35. The van der Waals surface area contributed by atoms with Gasteiger partial charge in [0.2, 0.25) is 5.91 Å². The minimum Gasteiger partial charge on any atom is -0.312 e. The summed E-state index contributed by atoms with van der Waals surface area (Å²) in [5.74, 6) is 0.978. The average Bonchev–Trinajstić information content (AvgIpc) is 2.84. The summed E-state index contributed by atoms with van der Waals surface area (Å²) in [6.07, 6.45) is 8.27. The maximum absolute atomic E-state index is 12.4. The number of rotatable bonds is 2. The monoisotopic (exact) mass is 243 g/mol. The Morgan fingerprint density at radius 1 is 1.17 bits per heavy atom. The van der Waals surface area contributed by atoms with Gasteiger partial charge in [-0.25, -0.2) is 0 Å². The number of benzene rings is 1. The number of fused-ring (bicyclic) bond motifs is 1. The summed E-state index contributed by atoms with van der Waals surface area (Å²) in [5.41, 5.74) is 2.48. The van der Waals surface area contributed by atoms with Gasteiger partial charge in [-0.2, -0.15) is 0 Å². The molecule has 1 aromatic rings. The lowest BCUT2D eigenvalue weighted by atomic mass is 9.86. The number of amides is 1. The molecule has 2 nitrogen and oxygen atoms in total. The second-order valence-electron chi connectivity index (χ2n) is 5.63. The highest BCUT2D eigenvalue weighted by molar-refractivity contribution is 5.95. The molecule has 0 saturated heterocycles. The Morgan fingerprint density at radius 3 is 2.78 bits per heavy atom.